The van der Waals surface area contributed by atoms with Crippen LogP contribution in [-0.2, 0) is 43.3 Å². The van der Waals surface area contributed by atoms with Gasteiger partial charge in [-0.2, -0.15) is 8.42 Å². The molecule has 18 atom stereocenters. The van der Waals surface area contributed by atoms with Crippen LogP contribution >= 0.6 is 0 Å². The molecule has 0 spiro atoms. The van der Waals surface area contributed by atoms with Gasteiger partial charge in [-0.25, -0.2) is 0 Å². The van der Waals surface area contributed by atoms with Crippen molar-refractivity contribution in [1.29, 1.82) is 0 Å². The van der Waals surface area contributed by atoms with Crippen LogP contribution in [0.1, 0.15) is 108 Å². The molecule has 3 fully saturated rings. The van der Waals surface area contributed by atoms with Gasteiger partial charge in [0.25, 0.3) is 10.1 Å². The van der Waals surface area contributed by atoms with Gasteiger partial charge in [0.2, 0.25) is 0 Å². The number of hydrogen-bond donors (Lipinski definition) is 8. The molecular weight excluding hydrogens is 819 g/mol. The third kappa shape index (κ3) is 14.7. The second-order valence-corrected chi connectivity index (χ2v) is 20.4. The predicted octanol–water partition coefficient (Wildman–Crippen LogP) is 1.43. The monoisotopic (exact) mass is 902 g/mol. The van der Waals surface area contributed by atoms with Crippen LogP contribution in [0.5, 0.6) is 0 Å². The van der Waals surface area contributed by atoms with Crippen LogP contribution in [0.4, 0.5) is 0 Å². The Kier molecular flexibility index (Phi) is 21.0. The molecule has 0 aromatic carbocycles. The van der Waals surface area contributed by atoms with Gasteiger partial charge in [-0.05, 0) is 107 Å². The van der Waals surface area contributed by atoms with Crippen LogP contribution in [0.25, 0.3) is 0 Å². The minimum atomic E-state index is -3.67. The van der Waals surface area contributed by atoms with Crippen molar-refractivity contribution in [2.75, 3.05) is 47.1 Å². The number of cyclic esters (lactones) is 1. The average molecular weight is 902 g/mol. The maximum absolute atomic E-state index is 14.3. The Morgan fingerprint density at radius 3 is 2.08 bits per heavy atom. The van der Waals surface area contributed by atoms with E-state index in [1.807, 2.05) is 53.6 Å². The number of nitrogens with zero attached hydrogens (tertiary/aromatic N) is 1. The van der Waals surface area contributed by atoms with Crippen LogP contribution in [0.15, 0.2) is 0 Å². The summed E-state index contributed by atoms with van der Waals surface area (Å²) in [4.78, 5) is 16.2. The molecule has 0 aromatic rings. The number of aliphatic hydroxyl groups is 5. The van der Waals surface area contributed by atoms with Gasteiger partial charge in [-0.15, -0.1) is 0 Å². The lowest BCUT2D eigenvalue weighted by Gasteiger charge is -2.53. The first kappa shape index (κ1) is 56.0. The quantitative estimate of drug-likeness (QED) is 0.0829. The largest absolute Gasteiger partial charge is 0.459 e. The fourth-order valence-corrected chi connectivity index (χ4v) is 9.21. The highest BCUT2D eigenvalue weighted by Crippen LogP contribution is 2.43. The van der Waals surface area contributed by atoms with Crippen molar-refractivity contribution in [3.05, 3.63) is 0 Å². The third-order valence-corrected chi connectivity index (χ3v) is 13.0. The standard InChI is InChI=1S/C41H79N3O12.CH4O3S/c1-15-17-42-22-41(50)28(8)53-31(20-39(41,10)51-14)55-33-25(5)35(56-37-32(45)29(44(12)13)18-24(4)52-37)38(9,48)19-23(3)21-43-27(7)34(46)40(11,49)30(16-2)54-36(47)26(33)6;1-5(2,3)4/h23-35,37,42-43,45-46,48-50H,15-22H2,1-14H3;1H3,(H,2,3,4)/t23-,24-,25+,26-,27-,28+,29+,30-,31+,32-,33+,34-,35-,37+,38-,39-,40-,41+;/m1./s1. The van der Waals surface area contributed by atoms with Gasteiger partial charge < -0.3 is 69.5 Å². The number of ether oxygens (including phenoxy) is 6. The van der Waals surface area contributed by atoms with E-state index in [2.05, 4.69) is 10.6 Å². The van der Waals surface area contributed by atoms with Crippen LogP contribution in [0.2, 0.25) is 0 Å². The van der Waals surface area contributed by atoms with E-state index in [4.69, 9.17) is 33.0 Å². The van der Waals surface area contributed by atoms with E-state index >= 15 is 0 Å². The average Bonchev–Trinajstić information content (AvgIpc) is 3.14. The molecule has 0 bridgehead atoms. The zero-order valence-corrected chi connectivity index (χ0v) is 40.3. The first-order valence-corrected chi connectivity index (χ1v) is 23.7. The Labute approximate surface area is 365 Å². The molecule has 3 aliphatic rings. The van der Waals surface area contributed by atoms with Crippen molar-refractivity contribution >= 4 is 16.1 Å². The third-order valence-electron chi connectivity index (χ3n) is 13.0. The molecular formula is C42H83N3O15S. The normalized spacial score (nSPS) is 44.9. The zero-order chi connectivity index (χ0) is 47.1. The summed E-state index contributed by atoms with van der Waals surface area (Å²) in [6.45, 7) is 20.9. The first-order chi connectivity index (χ1) is 27.9. The lowest BCUT2D eigenvalue weighted by molar-refractivity contribution is -0.336. The molecule has 18 nitrogen and oxygen atoms in total. The van der Waals surface area contributed by atoms with Crippen molar-refractivity contribution < 1.29 is 71.7 Å². The number of esters is 1. The maximum atomic E-state index is 14.3. The predicted molar refractivity (Wildman–Crippen MR) is 229 cm³/mol. The summed E-state index contributed by atoms with van der Waals surface area (Å²) in [6.07, 6.45) is -5.99. The highest BCUT2D eigenvalue weighted by Gasteiger charge is 2.58. The number of methoxy groups -OCH3 is 1. The summed E-state index contributed by atoms with van der Waals surface area (Å²) in [5.74, 6) is -2.66. The van der Waals surface area contributed by atoms with E-state index in [0.717, 1.165) is 6.42 Å². The summed E-state index contributed by atoms with van der Waals surface area (Å²) in [7, 11) is 1.64. The number of likely N-dealkylation sites (N-methyl/N-ethyl adjacent to an activating group) is 1. The SMILES string of the molecule is CCCNC[C@]1(O)[C@H](C)O[C@@H](O[C@H]2[C@H](C)[C@@H](O[C@@H]3O[C@H](C)C[C@H](N(C)C)[C@H]3O)[C@](C)(O)C[C@@H](C)CN[C@H](C)[C@@H](O)[C@](C)(O)[C@@H](CC)OC(=O)[C@@H]2C)C[C@@]1(C)OC.CS(=O)(=O)O. The number of carbonyl (C=O) groups is 1. The lowest BCUT2D eigenvalue weighted by Crippen LogP contribution is -2.70. The van der Waals surface area contributed by atoms with Crippen LogP contribution in [0.3, 0.4) is 0 Å². The van der Waals surface area contributed by atoms with Gasteiger partial charge in [-0.1, -0.05) is 27.7 Å². The molecule has 0 aliphatic carbocycles. The highest BCUT2D eigenvalue weighted by atomic mass is 32.2. The molecule has 0 aromatic heterocycles. The van der Waals surface area contributed by atoms with Gasteiger partial charge in [0.15, 0.2) is 12.6 Å². The van der Waals surface area contributed by atoms with Crippen LogP contribution < -0.4 is 10.6 Å². The molecule has 19 heteroatoms. The molecule has 8 N–H and O–H groups in total. The number of hydrogen-bond acceptors (Lipinski definition) is 17. The smallest absolute Gasteiger partial charge is 0.311 e. The summed E-state index contributed by atoms with van der Waals surface area (Å²) in [6, 6.07) is -0.877. The summed E-state index contributed by atoms with van der Waals surface area (Å²) in [5, 5.41) is 65.8. The summed E-state index contributed by atoms with van der Waals surface area (Å²) >= 11 is 0. The molecule has 3 heterocycles. The van der Waals surface area contributed by atoms with Gasteiger partial charge in [0.1, 0.15) is 35.1 Å². The van der Waals surface area contributed by atoms with Gasteiger partial charge in [0, 0.05) is 38.1 Å². The van der Waals surface area contributed by atoms with E-state index < -0.39 is 106 Å². The lowest BCUT2D eigenvalue weighted by atomic mass is 9.75. The molecule has 3 rings (SSSR count). The van der Waals surface area contributed by atoms with Crippen LogP contribution in [0, 0.1) is 17.8 Å². The topological polar surface area (TPSA) is 255 Å². The minimum absolute atomic E-state index is 0.0939. The molecule has 0 amide bonds. The molecule has 0 saturated carbocycles. The Morgan fingerprint density at radius 2 is 1.56 bits per heavy atom. The van der Waals surface area contributed by atoms with Crippen molar-refractivity contribution in [2.24, 2.45) is 17.8 Å². The minimum Gasteiger partial charge on any atom is -0.459 e. The van der Waals surface area contributed by atoms with Crippen molar-refractivity contribution in [2.45, 2.75) is 198 Å². The molecule has 61 heavy (non-hydrogen) atoms. The second kappa shape index (κ2) is 22.9. The number of nitrogens with one attached hydrogen (secondary N) is 2. The number of aliphatic hydroxyl groups excluding tert-OH is 2. The van der Waals surface area contributed by atoms with Crippen molar-refractivity contribution in [1.82, 2.24) is 15.5 Å². The van der Waals surface area contributed by atoms with E-state index in [9.17, 15) is 38.7 Å². The van der Waals surface area contributed by atoms with E-state index in [1.54, 1.807) is 34.6 Å². The van der Waals surface area contributed by atoms with Crippen LogP contribution in [-0.4, -0.2) is 186 Å². The van der Waals surface area contributed by atoms with E-state index in [1.165, 1.54) is 14.0 Å². The van der Waals surface area contributed by atoms with Gasteiger partial charge in [-0.3, -0.25) is 9.35 Å². The molecule has 0 radical (unpaired) electrons. The van der Waals surface area contributed by atoms with Gasteiger partial charge in [0.05, 0.1) is 42.2 Å². The van der Waals surface area contributed by atoms with E-state index in [0.29, 0.717) is 25.8 Å². The number of rotatable bonds is 11. The Balaban J connectivity index is 0.00000241. The van der Waals surface area contributed by atoms with Crippen molar-refractivity contribution in [3.8, 4) is 0 Å². The first-order valence-electron chi connectivity index (χ1n) is 21.8. The number of carbonyl (C=O) groups excluding carboxylic acids is 1. The molecule has 3 aliphatic heterocycles. The zero-order valence-electron chi connectivity index (χ0n) is 39.5. The maximum Gasteiger partial charge on any atom is 0.311 e. The van der Waals surface area contributed by atoms with Gasteiger partial charge >= 0.3 is 5.97 Å². The molecule has 362 valence electrons. The fourth-order valence-electron chi connectivity index (χ4n) is 9.21. The molecule has 0 unspecified atom stereocenters. The summed E-state index contributed by atoms with van der Waals surface area (Å²) in [5.41, 5.74) is -5.95. The van der Waals surface area contributed by atoms with Crippen molar-refractivity contribution in [3.63, 3.8) is 0 Å². The second-order valence-electron chi connectivity index (χ2n) is 18.9. The van der Waals surface area contributed by atoms with E-state index in [-0.39, 0.29) is 43.9 Å². The highest BCUT2D eigenvalue weighted by molar-refractivity contribution is 7.85. The Bertz CT molecular complexity index is 1450. The summed E-state index contributed by atoms with van der Waals surface area (Å²) < 4.78 is 64.2. The Morgan fingerprint density at radius 1 is 0.967 bits per heavy atom. The molecule has 3 saturated heterocycles. The fraction of sp³-hybridized carbons (Fsp3) is 0.976. The Hall–Kier alpha value is -1.14.